The SMILES string of the molecule is CCC1CCC(C(=O)c2cc(C)cc(F)c2)C1. The molecule has 2 heteroatoms. The second-order valence-electron chi connectivity index (χ2n) is 5.17. The quantitative estimate of drug-likeness (QED) is 0.718. The van der Waals surface area contributed by atoms with Gasteiger partial charge in [0.25, 0.3) is 0 Å². The van der Waals surface area contributed by atoms with E-state index in [9.17, 15) is 9.18 Å². The first-order valence-corrected chi connectivity index (χ1v) is 6.41. The molecule has 2 rings (SSSR count). The monoisotopic (exact) mass is 234 g/mol. The third kappa shape index (κ3) is 2.74. The fourth-order valence-corrected chi connectivity index (χ4v) is 2.80. The van der Waals surface area contributed by atoms with Crippen molar-refractivity contribution in [1.29, 1.82) is 0 Å². The molecular formula is C15H19FO. The molecule has 0 aromatic heterocycles. The van der Waals surface area contributed by atoms with Gasteiger partial charge in [0.05, 0.1) is 0 Å². The van der Waals surface area contributed by atoms with Gasteiger partial charge in [0.1, 0.15) is 5.82 Å². The van der Waals surface area contributed by atoms with Crippen LogP contribution >= 0.6 is 0 Å². The first-order chi connectivity index (χ1) is 8.10. The Morgan fingerprint density at radius 2 is 2.12 bits per heavy atom. The highest BCUT2D eigenvalue weighted by molar-refractivity contribution is 5.98. The molecule has 1 aliphatic rings. The number of carbonyl (C=O) groups is 1. The number of rotatable bonds is 3. The smallest absolute Gasteiger partial charge is 0.166 e. The van der Waals surface area contributed by atoms with Gasteiger partial charge in [0.2, 0.25) is 0 Å². The summed E-state index contributed by atoms with van der Waals surface area (Å²) in [7, 11) is 0. The molecule has 1 nitrogen and oxygen atoms in total. The lowest BCUT2D eigenvalue weighted by Gasteiger charge is -2.10. The lowest BCUT2D eigenvalue weighted by molar-refractivity contribution is 0.0919. The molecule has 1 aliphatic carbocycles. The van der Waals surface area contributed by atoms with E-state index in [4.69, 9.17) is 0 Å². The first kappa shape index (κ1) is 12.3. The zero-order chi connectivity index (χ0) is 12.4. The van der Waals surface area contributed by atoms with Crippen molar-refractivity contribution in [3.63, 3.8) is 0 Å². The summed E-state index contributed by atoms with van der Waals surface area (Å²) in [6.45, 7) is 3.99. The summed E-state index contributed by atoms with van der Waals surface area (Å²) >= 11 is 0. The molecule has 0 N–H and O–H groups in total. The van der Waals surface area contributed by atoms with Crippen LogP contribution < -0.4 is 0 Å². The van der Waals surface area contributed by atoms with E-state index in [1.54, 1.807) is 6.07 Å². The van der Waals surface area contributed by atoms with E-state index in [1.807, 2.05) is 6.92 Å². The number of carbonyl (C=O) groups excluding carboxylic acids is 1. The summed E-state index contributed by atoms with van der Waals surface area (Å²) in [5, 5.41) is 0. The van der Waals surface area contributed by atoms with Crippen LogP contribution in [0.2, 0.25) is 0 Å². The zero-order valence-electron chi connectivity index (χ0n) is 10.5. The number of aryl methyl sites for hydroxylation is 1. The molecule has 0 bridgehead atoms. The van der Waals surface area contributed by atoms with Gasteiger partial charge in [-0.3, -0.25) is 4.79 Å². The van der Waals surface area contributed by atoms with Crippen LogP contribution in [0.4, 0.5) is 4.39 Å². The highest BCUT2D eigenvalue weighted by Gasteiger charge is 2.29. The molecule has 1 aromatic rings. The zero-order valence-corrected chi connectivity index (χ0v) is 10.5. The number of benzene rings is 1. The minimum Gasteiger partial charge on any atom is -0.294 e. The van der Waals surface area contributed by atoms with Crippen LogP contribution in [0.3, 0.4) is 0 Å². The molecule has 1 aromatic carbocycles. The van der Waals surface area contributed by atoms with Gasteiger partial charge in [-0.25, -0.2) is 4.39 Å². The number of Topliss-reactive ketones (excluding diaryl/α,β-unsaturated/α-hetero) is 1. The van der Waals surface area contributed by atoms with E-state index in [1.165, 1.54) is 12.1 Å². The predicted molar refractivity (Wildman–Crippen MR) is 66.6 cm³/mol. The van der Waals surface area contributed by atoms with Crippen LogP contribution in [-0.2, 0) is 0 Å². The van der Waals surface area contributed by atoms with Crippen molar-refractivity contribution in [2.75, 3.05) is 0 Å². The predicted octanol–water partition coefficient (Wildman–Crippen LogP) is 4.14. The Labute approximate surface area is 102 Å². The summed E-state index contributed by atoms with van der Waals surface area (Å²) in [5.74, 6) is 0.613. The molecule has 0 aliphatic heterocycles. The Morgan fingerprint density at radius 3 is 2.71 bits per heavy atom. The fraction of sp³-hybridized carbons (Fsp3) is 0.533. The average Bonchev–Trinajstić information content (AvgIpc) is 2.75. The van der Waals surface area contributed by atoms with Crippen LogP contribution in [0.1, 0.15) is 48.5 Å². The fourth-order valence-electron chi connectivity index (χ4n) is 2.80. The third-order valence-corrected chi connectivity index (χ3v) is 3.82. The van der Waals surface area contributed by atoms with Crippen molar-refractivity contribution in [3.8, 4) is 0 Å². The van der Waals surface area contributed by atoms with E-state index in [-0.39, 0.29) is 17.5 Å². The van der Waals surface area contributed by atoms with Crippen LogP contribution in [0.15, 0.2) is 18.2 Å². The molecule has 1 fully saturated rings. The summed E-state index contributed by atoms with van der Waals surface area (Å²) < 4.78 is 13.3. The summed E-state index contributed by atoms with van der Waals surface area (Å²) in [6.07, 6.45) is 4.23. The molecule has 0 heterocycles. The maximum absolute atomic E-state index is 13.3. The van der Waals surface area contributed by atoms with Crippen LogP contribution in [0.5, 0.6) is 0 Å². The van der Waals surface area contributed by atoms with Crippen LogP contribution in [-0.4, -0.2) is 5.78 Å². The third-order valence-electron chi connectivity index (χ3n) is 3.82. The highest BCUT2D eigenvalue weighted by Crippen LogP contribution is 2.35. The average molecular weight is 234 g/mol. The minimum absolute atomic E-state index is 0.112. The molecular weight excluding hydrogens is 215 g/mol. The Morgan fingerprint density at radius 1 is 1.35 bits per heavy atom. The molecule has 1 saturated carbocycles. The Balaban J connectivity index is 2.14. The highest BCUT2D eigenvalue weighted by atomic mass is 19.1. The van der Waals surface area contributed by atoms with E-state index >= 15 is 0 Å². The molecule has 0 radical (unpaired) electrons. The largest absolute Gasteiger partial charge is 0.294 e. The Kier molecular flexibility index (Phi) is 3.60. The normalized spacial score (nSPS) is 23.9. The summed E-state index contributed by atoms with van der Waals surface area (Å²) in [5.41, 5.74) is 1.36. The summed E-state index contributed by atoms with van der Waals surface area (Å²) in [4.78, 5) is 12.2. The van der Waals surface area contributed by atoms with Crippen molar-refractivity contribution in [2.45, 2.75) is 39.5 Å². The van der Waals surface area contributed by atoms with Crippen molar-refractivity contribution in [1.82, 2.24) is 0 Å². The van der Waals surface area contributed by atoms with Gasteiger partial charge in [0, 0.05) is 11.5 Å². The second-order valence-corrected chi connectivity index (χ2v) is 5.17. The van der Waals surface area contributed by atoms with Crippen LogP contribution in [0, 0.1) is 24.6 Å². The number of ketones is 1. The second kappa shape index (κ2) is 4.99. The van der Waals surface area contributed by atoms with Crippen molar-refractivity contribution in [2.24, 2.45) is 11.8 Å². The van der Waals surface area contributed by atoms with Crippen LogP contribution in [0.25, 0.3) is 0 Å². The first-order valence-electron chi connectivity index (χ1n) is 6.41. The van der Waals surface area contributed by atoms with Crippen molar-refractivity contribution in [3.05, 3.63) is 35.1 Å². The maximum Gasteiger partial charge on any atom is 0.166 e. The minimum atomic E-state index is -0.307. The number of halogens is 1. The van der Waals surface area contributed by atoms with E-state index in [0.29, 0.717) is 11.5 Å². The standard InChI is InChI=1S/C15H19FO/c1-3-11-4-5-12(8-11)15(17)13-6-10(2)7-14(16)9-13/h6-7,9,11-12H,3-5,8H2,1-2H3. The molecule has 17 heavy (non-hydrogen) atoms. The van der Waals surface area contributed by atoms with Gasteiger partial charge in [-0.2, -0.15) is 0 Å². The topological polar surface area (TPSA) is 17.1 Å². The van der Waals surface area contributed by atoms with Gasteiger partial charge in [-0.1, -0.05) is 13.3 Å². The Bertz CT molecular complexity index is 405. The van der Waals surface area contributed by atoms with E-state index < -0.39 is 0 Å². The molecule has 2 unspecified atom stereocenters. The van der Waals surface area contributed by atoms with Crippen molar-refractivity contribution >= 4 is 5.78 Å². The van der Waals surface area contributed by atoms with Gasteiger partial charge >= 0.3 is 0 Å². The molecule has 2 atom stereocenters. The molecule has 92 valence electrons. The Hall–Kier alpha value is -1.18. The number of hydrogen-bond donors (Lipinski definition) is 0. The van der Waals surface area contributed by atoms with E-state index in [0.717, 1.165) is 31.2 Å². The molecule has 0 spiro atoms. The van der Waals surface area contributed by atoms with E-state index in [2.05, 4.69) is 6.92 Å². The van der Waals surface area contributed by atoms with Crippen molar-refractivity contribution < 1.29 is 9.18 Å². The van der Waals surface area contributed by atoms with Gasteiger partial charge in [-0.05, 0) is 55.9 Å². The van der Waals surface area contributed by atoms with Gasteiger partial charge < -0.3 is 0 Å². The molecule has 0 saturated heterocycles. The maximum atomic E-state index is 13.3. The lowest BCUT2D eigenvalue weighted by atomic mass is 9.94. The number of hydrogen-bond acceptors (Lipinski definition) is 1. The lowest BCUT2D eigenvalue weighted by Crippen LogP contribution is -2.12. The van der Waals surface area contributed by atoms with Gasteiger partial charge in [0.15, 0.2) is 5.78 Å². The summed E-state index contributed by atoms with van der Waals surface area (Å²) in [6, 6.07) is 4.62. The van der Waals surface area contributed by atoms with Gasteiger partial charge in [-0.15, -0.1) is 0 Å². The molecule has 0 amide bonds.